The van der Waals surface area contributed by atoms with Crippen LogP contribution >= 0.6 is 11.3 Å². The molecule has 0 spiro atoms. The van der Waals surface area contributed by atoms with Crippen LogP contribution in [0.1, 0.15) is 6.92 Å². The smallest absolute Gasteiger partial charge is 0.284 e. The summed E-state index contributed by atoms with van der Waals surface area (Å²) in [6.45, 7) is 4.19. The summed E-state index contributed by atoms with van der Waals surface area (Å²) in [4.78, 5) is 7.76. The van der Waals surface area contributed by atoms with Crippen LogP contribution < -0.4 is 14.8 Å². The predicted octanol–water partition coefficient (Wildman–Crippen LogP) is 1.84. The number of H-pyrrole nitrogens is 2. The van der Waals surface area contributed by atoms with E-state index in [1.54, 1.807) is 11.3 Å². The molecular formula is C19H22N2O4S. The fourth-order valence-corrected chi connectivity index (χ4v) is 2.73. The molecule has 0 bridgehead atoms. The molecule has 0 aliphatic carbocycles. The van der Waals surface area contributed by atoms with Crippen molar-refractivity contribution in [2.75, 3.05) is 13.2 Å². The van der Waals surface area contributed by atoms with Crippen LogP contribution in [0.5, 0.6) is 5.75 Å². The molecule has 1 aromatic carbocycles. The normalized spacial score (nSPS) is 11.3. The van der Waals surface area contributed by atoms with Crippen LogP contribution in [0.4, 0.5) is 0 Å². The first-order chi connectivity index (χ1) is 12.5. The summed E-state index contributed by atoms with van der Waals surface area (Å²) < 4.78 is 5.38. The van der Waals surface area contributed by atoms with Gasteiger partial charge in [0.15, 0.2) is 5.69 Å². The number of aromatic nitrogens is 2. The Labute approximate surface area is 156 Å². The van der Waals surface area contributed by atoms with E-state index in [0.717, 1.165) is 17.1 Å². The molecule has 2 heterocycles. The quantitative estimate of drug-likeness (QED) is 0.573. The fourth-order valence-electron chi connectivity index (χ4n) is 2.03. The minimum Gasteiger partial charge on any atom is -0.876 e. The molecule has 1 atom stereocenters. The minimum absolute atomic E-state index is 0.0764. The van der Waals surface area contributed by atoms with Gasteiger partial charge in [-0.05, 0) is 35.7 Å². The van der Waals surface area contributed by atoms with E-state index in [0.29, 0.717) is 5.75 Å². The van der Waals surface area contributed by atoms with Crippen LogP contribution in [0.2, 0.25) is 0 Å². The maximum atomic E-state index is 9.33. The van der Waals surface area contributed by atoms with Crippen LogP contribution in [-0.2, 0) is 0 Å². The average molecular weight is 374 g/mol. The number of aliphatic hydroxyl groups excluding tert-OH is 2. The van der Waals surface area contributed by atoms with Crippen LogP contribution in [-0.4, -0.2) is 34.5 Å². The van der Waals surface area contributed by atoms with Gasteiger partial charge < -0.3 is 20.1 Å². The van der Waals surface area contributed by atoms with E-state index in [9.17, 15) is 10.2 Å². The molecule has 0 saturated carbocycles. The molecule has 6 nitrogen and oxygen atoms in total. The van der Waals surface area contributed by atoms with Crippen molar-refractivity contribution in [2.24, 2.45) is 0 Å². The summed E-state index contributed by atoms with van der Waals surface area (Å²) in [5.74, 6) is 1.49. The zero-order valence-corrected chi connectivity index (χ0v) is 15.3. The molecule has 1 unspecified atom stereocenters. The SMILES string of the molecule is C=C(C)[O-].OCC(O)COc1ccc(-c2[nH]c(-c3cccs3)c[nH+]2)cc1. The molecule has 3 rings (SSSR count). The van der Waals surface area contributed by atoms with Crippen LogP contribution in [0.15, 0.2) is 60.3 Å². The number of allylic oxidation sites excluding steroid dienone is 1. The third-order valence-corrected chi connectivity index (χ3v) is 4.11. The molecule has 0 saturated heterocycles. The summed E-state index contributed by atoms with van der Waals surface area (Å²) in [5, 5.41) is 29.4. The Hall–Kier alpha value is -2.61. The highest BCUT2D eigenvalue weighted by Gasteiger charge is 2.13. The number of hydrogen-bond donors (Lipinski definition) is 3. The zero-order chi connectivity index (χ0) is 18.9. The number of ether oxygens (including phenoxy) is 1. The molecule has 0 amide bonds. The van der Waals surface area contributed by atoms with Gasteiger partial charge in [-0.15, -0.1) is 23.7 Å². The van der Waals surface area contributed by atoms with Crippen molar-refractivity contribution >= 4 is 11.3 Å². The second kappa shape index (κ2) is 9.76. The van der Waals surface area contributed by atoms with Crippen molar-refractivity contribution in [2.45, 2.75) is 13.0 Å². The number of aromatic amines is 2. The lowest BCUT2D eigenvalue weighted by molar-refractivity contribution is -0.361. The summed E-state index contributed by atoms with van der Waals surface area (Å²) in [7, 11) is 0. The van der Waals surface area contributed by atoms with Crippen molar-refractivity contribution in [1.29, 1.82) is 0 Å². The number of rotatable bonds is 6. The highest BCUT2D eigenvalue weighted by molar-refractivity contribution is 7.13. The van der Waals surface area contributed by atoms with E-state index in [4.69, 9.17) is 9.84 Å². The topological polar surface area (TPSA) is 103 Å². The first-order valence-corrected chi connectivity index (χ1v) is 8.86. The molecule has 26 heavy (non-hydrogen) atoms. The maximum Gasteiger partial charge on any atom is 0.284 e. The Bertz CT molecular complexity index is 793. The second-order valence-electron chi connectivity index (χ2n) is 5.55. The maximum absolute atomic E-state index is 9.33. The lowest BCUT2D eigenvalue weighted by Crippen LogP contribution is -2.21. The fraction of sp³-hybridized carbons (Fsp3) is 0.211. The van der Waals surface area contributed by atoms with Crippen molar-refractivity contribution in [3.05, 3.63) is 60.3 Å². The Kier molecular flexibility index (Phi) is 7.40. The number of aliphatic hydroxyl groups is 2. The number of nitrogens with one attached hydrogen (secondary N) is 2. The van der Waals surface area contributed by atoms with Crippen LogP contribution in [0.25, 0.3) is 22.0 Å². The molecule has 0 radical (unpaired) electrons. The third-order valence-electron chi connectivity index (χ3n) is 3.20. The van der Waals surface area contributed by atoms with Gasteiger partial charge in [0, 0.05) is 0 Å². The molecular weight excluding hydrogens is 352 g/mol. The first-order valence-electron chi connectivity index (χ1n) is 7.99. The minimum atomic E-state index is -0.857. The lowest BCUT2D eigenvalue weighted by Gasteiger charge is -2.09. The van der Waals surface area contributed by atoms with Gasteiger partial charge in [0.05, 0.1) is 17.0 Å². The van der Waals surface area contributed by atoms with Gasteiger partial charge in [-0.3, -0.25) is 0 Å². The molecule has 0 fully saturated rings. The summed E-state index contributed by atoms with van der Waals surface area (Å²) in [6.07, 6.45) is 1.09. The number of imidazole rings is 1. The number of thiophene rings is 1. The molecule has 7 heteroatoms. The molecule has 0 aliphatic heterocycles. The van der Waals surface area contributed by atoms with E-state index in [2.05, 4.69) is 22.6 Å². The van der Waals surface area contributed by atoms with E-state index < -0.39 is 6.10 Å². The average Bonchev–Trinajstić information content (AvgIpc) is 3.30. The van der Waals surface area contributed by atoms with Crippen molar-refractivity contribution in [1.82, 2.24) is 4.98 Å². The highest BCUT2D eigenvalue weighted by atomic mass is 32.1. The highest BCUT2D eigenvalue weighted by Crippen LogP contribution is 2.24. The van der Waals surface area contributed by atoms with Crippen molar-refractivity contribution in [3.8, 4) is 27.7 Å². The summed E-state index contributed by atoms with van der Waals surface area (Å²) in [5.41, 5.74) is 2.06. The Balaban J connectivity index is 0.000000552. The van der Waals surface area contributed by atoms with Crippen molar-refractivity contribution in [3.63, 3.8) is 0 Å². The van der Waals surface area contributed by atoms with Gasteiger partial charge in [0.2, 0.25) is 0 Å². The number of hydrogen-bond acceptors (Lipinski definition) is 5. The van der Waals surface area contributed by atoms with Gasteiger partial charge in [0.1, 0.15) is 24.7 Å². The lowest BCUT2D eigenvalue weighted by atomic mass is 10.2. The van der Waals surface area contributed by atoms with Gasteiger partial charge >= 0.3 is 0 Å². The van der Waals surface area contributed by atoms with Crippen LogP contribution in [0, 0.1) is 0 Å². The Morgan fingerprint density at radius 3 is 2.62 bits per heavy atom. The largest absolute Gasteiger partial charge is 0.876 e. The molecule has 4 N–H and O–H groups in total. The van der Waals surface area contributed by atoms with Crippen molar-refractivity contribution < 1.29 is 25.0 Å². The third kappa shape index (κ3) is 6.03. The first kappa shape index (κ1) is 19.7. The summed E-state index contributed by atoms with van der Waals surface area (Å²) >= 11 is 1.68. The number of benzene rings is 1. The second-order valence-corrected chi connectivity index (χ2v) is 6.50. The monoisotopic (exact) mass is 374 g/mol. The van der Waals surface area contributed by atoms with E-state index in [-0.39, 0.29) is 19.0 Å². The van der Waals surface area contributed by atoms with E-state index in [1.165, 1.54) is 11.8 Å². The van der Waals surface area contributed by atoms with Gasteiger partial charge in [-0.25, -0.2) is 9.97 Å². The van der Waals surface area contributed by atoms with Gasteiger partial charge in [0.25, 0.3) is 5.82 Å². The van der Waals surface area contributed by atoms with Crippen LogP contribution in [0.3, 0.4) is 0 Å². The van der Waals surface area contributed by atoms with E-state index in [1.807, 2.05) is 41.9 Å². The Morgan fingerprint density at radius 1 is 1.35 bits per heavy atom. The summed E-state index contributed by atoms with van der Waals surface area (Å²) in [6, 6.07) is 11.6. The molecule has 138 valence electrons. The van der Waals surface area contributed by atoms with E-state index >= 15 is 0 Å². The predicted molar refractivity (Wildman–Crippen MR) is 99.5 cm³/mol. The standard InChI is InChI=1S/C16H16N2O3S.C3H6O/c19-9-12(20)10-21-13-5-3-11(4-6-13)16-17-8-14(18-16)15-2-1-7-22-15;1-3(2)4/h1-8,12,19-20H,9-10H2,(H,17,18);4H,1H2,2H3. The molecule has 0 aliphatic rings. The van der Waals surface area contributed by atoms with Gasteiger partial charge in [-0.2, -0.15) is 0 Å². The zero-order valence-electron chi connectivity index (χ0n) is 14.4. The molecule has 2 aromatic heterocycles. The molecule has 3 aromatic rings. The van der Waals surface area contributed by atoms with Gasteiger partial charge in [-0.1, -0.05) is 13.0 Å². The Morgan fingerprint density at radius 2 is 2.04 bits per heavy atom.